The zero-order valence-electron chi connectivity index (χ0n) is 17.0. The van der Waals surface area contributed by atoms with Gasteiger partial charge in [-0.3, -0.25) is 9.59 Å². The third-order valence-corrected chi connectivity index (χ3v) is 6.29. The summed E-state index contributed by atoms with van der Waals surface area (Å²) >= 11 is 0. The van der Waals surface area contributed by atoms with E-state index in [0.717, 1.165) is 44.7 Å². The number of aromatic amines is 1. The van der Waals surface area contributed by atoms with Crippen LogP contribution >= 0.6 is 0 Å². The molecular formula is C25H24F3NO2. The highest BCUT2D eigenvalue weighted by Crippen LogP contribution is 2.33. The molecule has 1 aliphatic carbocycles. The van der Waals surface area contributed by atoms with Gasteiger partial charge in [-0.1, -0.05) is 43.2 Å². The minimum Gasteiger partial charge on any atom is -0.360 e. The predicted octanol–water partition coefficient (Wildman–Crippen LogP) is 6.53. The first-order valence-electron chi connectivity index (χ1n) is 10.6. The van der Waals surface area contributed by atoms with Crippen LogP contribution in [0.1, 0.15) is 58.4 Å². The number of halogens is 3. The lowest BCUT2D eigenvalue weighted by Gasteiger charge is -2.15. The van der Waals surface area contributed by atoms with Crippen LogP contribution in [0.5, 0.6) is 0 Å². The first-order chi connectivity index (χ1) is 14.8. The van der Waals surface area contributed by atoms with Crippen molar-refractivity contribution in [2.24, 2.45) is 11.8 Å². The minimum atomic E-state index is -4.95. The highest BCUT2D eigenvalue weighted by atomic mass is 19.4. The van der Waals surface area contributed by atoms with Crippen LogP contribution in [0.25, 0.3) is 10.9 Å². The molecule has 0 amide bonds. The molecule has 2 aromatic carbocycles. The molecule has 1 saturated carbocycles. The lowest BCUT2D eigenvalue weighted by Crippen LogP contribution is -2.22. The van der Waals surface area contributed by atoms with E-state index in [1.807, 2.05) is 18.2 Å². The lowest BCUT2D eigenvalue weighted by molar-refractivity contribution is -0.0884. The summed E-state index contributed by atoms with van der Waals surface area (Å²) in [4.78, 5) is 27.6. The largest absolute Gasteiger partial charge is 0.454 e. The van der Waals surface area contributed by atoms with E-state index in [-0.39, 0.29) is 17.1 Å². The average Bonchev–Trinajstić information content (AvgIpc) is 3.03. The van der Waals surface area contributed by atoms with Crippen molar-refractivity contribution in [2.45, 2.75) is 44.7 Å². The number of alkyl halides is 3. The second kappa shape index (κ2) is 8.69. The molecule has 1 aromatic heterocycles. The number of aromatic nitrogens is 1. The maximum absolute atomic E-state index is 13.1. The van der Waals surface area contributed by atoms with E-state index in [9.17, 15) is 22.8 Å². The van der Waals surface area contributed by atoms with Gasteiger partial charge in [0.15, 0.2) is 5.78 Å². The summed E-state index contributed by atoms with van der Waals surface area (Å²) in [5.74, 6) is -1.56. The first kappa shape index (κ1) is 21.3. The van der Waals surface area contributed by atoms with Gasteiger partial charge in [0.05, 0.1) is 5.56 Å². The Bertz CT molecular complexity index is 1090. The van der Waals surface area contributed by atoms with Crippen LogP contribution in [-0.2, 0) is 6.42 Å². The van der Waals surface area contributed by atoms with E-state index in [0.29, 0.717) is 17.0 Å². The van der Waals surface area contributed by atoms with Gasteiger partial charge in [-0.25, -0.2) is 0 Å². The Balaban J connectivity index is 1.49. The van der Waals surface area contributed by atoms with Gasteiger partial charge in [0, 0.05) is 28.6 Å². The Kier molecular flexibility index (Phi) is 5.99. The summed E-state index contributed by atoms with van der Waals surface area (Å²) in [6.07, 6.45) is 1.64. The molecule has 2 atom stereocenters. The van der Waals surface area contributed by atoms with Crippen molar-refractivity contribution in [1.29, 1.82) is 0 Å². The summed E-state index contributed by atoms with van der Waals surface area (Å²) in [5.41, 5.74) is 1.64. The van der Waals surface area contributed by atoms with Crippen LogP contribution in [0.15, 0.2) is 54.7 Å². The number of hydrogen-bond acceptors (Lipinski definition) is 2. The summed E-state index contributed by atoms with van der Waals surface area (Å²) in [7, 11) is 0. The van der Waals surface area contributed by atoms with Crippen molar-refractivity contribution in [3.8, 4) is 0 Å². The van der Waals surface area contributed by atoms with Crippen LogP contribution in [0.3, 0.4) is 0 Å². The summed E-state index contributed by atoms with van der Waals surface area (Å²) in [6.45, 7) is 0. The zero-order chi connectivity index (χ0) is 22.0. The van der Waals surface area contributed by atoms with Crippen molar-refractivity contribution in [1.82, 2.24) is 4.98 Å². The molecule has 1 heterocycles. The number of ketones is 2. The molecule has 4 rings (SSSR count). The lowest BCUT2D eigenvalue weighted by atomic mass is 9.89. The number of nitrogens with one attached hydrogen (secondary N) is 1. The van der Waals surface area contributed by atoms with E-state index in [4.69, 9.17) is 0 Å². The van der Waals surface area contributed by atoms with Gasteiger partial charge in [-0.2, -0.15) is 13.2 Å². The number of carbonyl (C=O) groups is 2. The Labute approximate surface area is 178 Å². The molecule has 0 aliphatic heterocycles. The summed E-state index contributed by atoms with van der Waals surface area (Å²) < 4.78 is 38.7. The van der Waals surface area contributed by atoms with Crippen molar-refractivity contribution >= 4 is 22.5 Å². The molecule has 1 aliphatic rings. The number of rotatable bonds is 5. The molecule has 6 heteroatoms. The fourth-order valence-electron chi connectivity index (χ4n) is 4.64. The molecule has 2 unspecified atom stereocenters. The monoisotopic (exact) mass is 427 g/mol. The number of Topliss-reactive ketones (excluding diaryl/α,β-unsaturated/α-hetero) is 2. The van der Waals surface area contributed by atoms with Crippen molar-refractivity contribution < 1.29 is 22.8 Å². The van der Waals surface area contributed by atoms with Gasteiger partial charge in [0.2, 0.25) is 0 Å². The van der Waals surface area contributed by atoms with Gasteiger partial charge in [-0.05, 0) is 55.4 Å². The van der Waals surface area contributed by atoms with Crippen LogP contribution in [-0.4, -0.2) is 22.7 Å². The Morgan fingerprint density at radius 1 is 0.968 bits per heavy atom. The van der Waals surface area contributed by atoms with Crippen LogP contribution in [0.4, 0.5) is 13.2 Å². The summed E-state index contributed by atoms with van der Waals surface area (Å²) in [5, 5.41) is 0.142. The predicted molar refractivity (Wildman–Crippen MR) is 113 cm³/mol. The zero-order valence-corrected chi connectivity index (χ0v) is 17.0. The molecule has 31 heavy (non-hydrogen) atoms. The van der Waals surface area contributed by atoms with Crippen LogP contribution in [0, 0.1) is 11.8 Å². The van der Waals surface area contributed by atoms with Gasteiger partial charge in [-0.15, -0.1) is 0 Å². The third-order valence-electron chi connectivity index (χ3n) is 6.29. The van der Waals surface area contributed by atoms with Gasteiger partial charge in [0.25, 0.3) is 5.78 Å². The molecule has 0 bridgehead atoms. The maximum atomic E-state index is 13.1. The SMILES string of the molecule is O=C(c1ccc2[nH]cc(C(=O)C(F)(F)F)c2c1)C1CCCC(Cc2ccccc2)CC1. The normalized spacial score (nSPS) is 19.8. The molecule has 162 valence electrons. The fourth-order valence-corrected chi connectivity index (χ4v) is 4.64. The Hall–Kier alpha value is -2.89. The van der Waals surface area contributed by atoms with E-state index >= 15 is 0 Å². The van der Waals surface area contributed by atoms with Crippen molar-refractivity contribution in [3.63, 3.8) is 0 Å². The van der Waals surface area contributed by atoms with Crippen LogP contribution < -0.4 is 0 Å². The molecule has 1 fully saturated rings. The first-order valence-corrected chi connectivity index (χ1v) is 10.6. The van der Waals surface area contributed by atoms with E-state index in [1.165, 1.54) is 11.6 Å². The van der Waals surface area contributed by atoms with Crippen molar-refractivity contribution in [3.05, 3.63) is 71.4 Å². The number of hydrogen-bond donors (Lipinski definition) is 1. The molecule has 1 N–H and O–H groups in total. The molecule has 3 aromatic rings. The Morgan fingerprint density at radius 3 is 2.48 bits per heavy atom. The standard InChI is InChI=1S/C25H24F3NO2/c26-25(27,28)24(31)21-15-29-22-12-11-19(14-20(21)22)23(30)18-8-4-7-17(9-10-18)13-16-5-2-1-3-6-16/h1-3,5-6,11-12,14-15,17-18,29H,4,7-10,13H2. The quantitative estimate of drug-likeness (QED) is 0.371. The highest BCUT2D eigenvalue weighted by molar-refractivity contribution is 6.12. The van der Waals surface area contributed by atoms with Gasteiger partial charge < -0.3 is 4.98 Å². The number of benzene rings is 2. The molecule has 0 spiro atoms. The summed E-state index contributed by atoms with van der Waals surface area (Å²) in [6, 6.07) is 15.0. The smallest absolute Gasteiger partial charge is 0.360 e. The minimum absolute atomic E-state index is 0.0473. The fraction of sp³-hybridized carbons (Fsp3) is 0.360. The van der Waals surface area contributed by atoms with Crippen LogP contribution in [0.2, 0.25) is 0 Å². The number of fused-ring (bicyclic) bond motifs is 1. The molecular weight excluding hydrogens is 403 g/mol. The van der Waals surface area contributed by atoms with Crippen molar-refractivity contribution in [2.75, 3.05) is 0 Å². The molecule has 0 radical (unpaired) electrons. The van der Waals surface area contributed by atoms with Gasteiger partial charge >= 0.3 is 6.18 Å². The second-order valence-corrected chi connectivity index (χ2v) is 8.41. The third kappa shape index (κ3) is 4.73. The number of H-pyrrole nitrogens is 1. The highest BCUT2D eigenvalue weighted by Gasteiger charge is 2.40. The second-order valence-electron chi connectivity index (χ2n) is 8.41. The van der Waals surface area contributed by atoms with E-state index < -0.39 is 17.5 Å². The van der Waals surface area contributed by atoms with E-state index in [2.05, 4.69) is 17.1 Å². The topological polar surface area (TPSA) is 49.9 Å². The molecule has 0 saturated heterocycles. The van der Waals surface area contributed by atoms with E-state index in [1.54, 1.807) is 12.1 Å². The molecule has 3 nitrogen and oxygen atoms in total. The van der Waals surface area contributed by atoms with Gasteiger partial charge in [0.1, 0.15) is 0 Å². The average molecular weight is 427 g/mol. The Morgan fingerprint density at radius 2 is 1.74 bits per heavy atom. The maximum Gasteiger partial charge on any atom is 0.454 e. The number of carbonyl (C=O) groups excluding carboxylic acids is 2.